The molecule has 7 nitrogen and oxygen atoms in total. The summed E-state index contributed by atoms with van der Waals surface area (Å²) in [5.74, 6) is 0.671. The minimum absolute atomic E-state index is 0.0666. The number of nitrogens with two attached hydrogens (primary N) is 1. The molecule has 2 aromatic heterocycles. The zero-order valence-corrected chi connectivity index (χ0v) is 18.5. The van der Waals surface area contributed by atoms with Crippen LogP contribution in [0, 0.1) is 6.92 Å². The molecule has 0 aliphatic heterocycles. The van der Waals surface area contributed by atoms with Crippen LogP contribution in [0.3, 0.4) is 0 Å². The van der Waals surface area contributed by atoms with Crippen molar-refractivity contribution in [3.63, 3.8) is 0 Å². The highest BCUT2D eigenvalue weighted by Gasteiger charge is 2.07. The van der Waals surface area contributed by atoms with Crippen LogP contribution in [0.25, 0.3) is 5.65 Å². The third-order valence-corrected chi connectivity index (χ3v) is 5.29. The predicted octanol–water partition coefficient (Wildman–Crippen LogP) is 4.11. The second-order valence-corrected chi connectivity index (χ2v) is 8.44. The topological polar surface area (TPSA) is 107 Å². The number of ether oxygens (including phenoxy) is 1. The van der Waals surface area contributed by atoms with E-state index in [4.69, 9.17) is 15.0 Å². The molecule has 0 saturated heterocycles. The standard InChI is InChI=1S/C15H20FN3O.C7H8O3S/c1-2-3-4-13-9-19-10-14(5-6-15(19)18-13)20-11-12(7-16)8-17;1-6-2-4-7(5-3-6)11(8,9)10/h5-7,9-10H,2-4,8,11,17H2,1H3;2-5H,1H3,(H,8,9,10)/b12-7+;. The first-order valence-electron chi connectivity index (χ1n) is 9.89. The molecular formula is C22H28FN3O4S. The first-order valence-corrected chi connectivity index (χ1v) is 11.3. The van der Waals surface area contributed by atoms with Gasteiger partial charge in [0.05, 0.1) is 23.1 Å². The van der Waals surface area contributed by atoms with Crippen molar-refractivity contribution in [2.24, 2.45) is 5.73 Å². The van der Waals surface area contributed by atoms with Gasteiger partial charge in [-0.15, -0.1) is 0 Å². The van der Waals surface area contributed by atoms with E-state index in [0.717, 1.165) is 36.2 Å². The smallest absolute Gasteiger partial charge is 0.294 e. The van der Waals surface area contributed by atoms with Crippen LogP contribution in [-0.4, -0.2) is 35.5 Å². The second kappa shape index (κ2) is 11.6. The van der Waals surface area contributed by atoms with Crippen LogP contribution < -0.4 is 10.5 Å². The number of unbranched alkanes of at least 4 members (excludes halogenated alkanes) is 1. The Bertz CT molecular complexity index is 1110. The summed E-state index contributed by atoms with van der Waals surface area (Å²) < 4.78 is 49.4. The maximum absolute atomic E-state index is 12.4. The maximum Gasteiger partial charge on any atom is 0.294 e. The summed E-state index contributed by atoms with van der Waals surface area (Å²) >= 11 is 0. The Kier molecular flexibility index (Phi) is 9.17. The minimum Gasteiger partial charge on any atom is -0.488 e. The summed E-state index contributed by atoms with van der Waals surface area (Å²) in [5, 5.41) is 0. The molecular weight excluding hydrogens is 421 g/mol. The third kappa shape index (κ3) is 7.78. The van der Waals surface area contributed by atoms with E-state index in [-0.39, 0.29) is 18.0 Å². The summed E-state index contributed by atoms with van der Waals surface area (Å²) in [6, 6.07) is 9.71. The number of rotatable bonds is 8. The fourth-order valence-electron chi connectivity index (χ4n) is 2.61. The Morgan fingerprint density at radius 2 is 1.94 bits per heavy atom. The molecule has 168 valence electrons. The van der Waals surface area contributed by atoms with Crippen LogP contribution >= 0.6 is 0 Å². The van der Waals surface area contributed by atoms with Crippen molar-refractivity contribution in [1.82, 2.24) is 9.38 Å². The largest absolute Gasteiger partial charge is 0.488 e. The predicted molar refractivity (Wildman–Crippen MR) is 119 cm³/mol. The Labute approximate surface area is 182 Å². The van der Waals surface area contributed by atoms with Gasteiger partial charge < -0.3 is 14.9 Å². The van der Waals surface area contributed by atoms with Gasteiger partial charge >= 0.3 is 0 Å². The Balaban J connectivity index is 0.000000262. The van der Waals surface area contributed by atoms with Crippen molar-refractivity contribution in [3.8, 4) is 5.75 Å². The molecule has 0 amide bonds. The van der Waals surface area contributed by atoms with Gasteiger partial charge in [-0.25, -0.2) is 9.37 Å². The van der Waals surface area contributed by atoms with Gasteiger partial charge in [0.1, 0.15) is 18.0 Å². The van der Waals surface area contributed by atoms with E-state index in [2.05, 4.69) is 11.9 Å². The second-order valence-electron chi connectivity index (χ2n) is 7.01. The molecule has 0 spiro atoms. The van der Waals surface area contributed by atoms with Crippen molar-refractivity contribution in [1.29, 1.82) is 0 Å². The monoisotopic (exact) mass is 449 g/mol. The molecule has 0 saturated carbocycles. The minimum atomic E-state index is -4.02. The van der Waals surface area contributed by atoms with E-state index in [1.165, 1.54) is 12.1 Å². The van der Waals surface area contributed by atoms with Crippen molar-refractivity contribution in [2.45, 2.75) is 38.0 Å². The summed E-state index contributed by atoms with van der Waals surface area (Å²) in [7, 11) is -4.02. The highest BCUT2D eigenvalue weighted by Crippen LogP contribution is 2.15. The van der Waals surface area contributed by atoms with Gasteiger partial charge in [-0.1, -0.05) is 31.0 Å². The normalized spacial score (nSPS) is 11.8. The van der Waals surface area contributed by atoms with Crippen LogP contribution in [0.5, 0.6) is 5.75 Å². The highest BCUT2D eigenvalue weighted by atomic mass is 32.2. The highest BCUT2D eigenvalue weighted by molar-refractivity contribution is 7.85. The summed E-state index contributed by atoms with van der Waals surface area (Å²) in [6.45, 7) is 4.32. The van der Waals surface area contributed by atoms with Crippen molar-refractivity contribution in [2.75, 3.05) is 13.2 Å². The zero-order valence-electron chi connectivity index (χ0n) is 17.7. The number of hydrogen-bond acceptors (Lipinski definition) is 5. The number of hydrogen-bond donors (Lipinski definition) is 2. The number of nitrogens with zero attached hydrogens (tertiary/aromatic N) is 2. The maximum atomic E-state index is 12.4. The van der Waals surface area contributed by atoms with E-state index in [9.17, 15) is 12.8 Å². The molecule has 3 N–H and O–H groups in total. The summed E-state index contributed by atoms with van der Waals surface area (Å²) in [5.41, 5.74) is 8.74. The number of benzene rings is 1. The molecule has 0 unspecified atom stereocenters. The zero-order chi connectivity index (χ0) is 22.9. The lowest BCUT2D eigenvalue weighted by Crippen LogP contribution is -2.10. The molecule has 9 heteroatoms. The first-order chi connectivity index (χ1) is 14.8. The Morgan fingerprint density at radius 3 is 2.52 bits per heavy atom. The van der Waals surface area contributed by atoms with Crippen LogP contribution in [0.15, 0.2) is 65.6 Å². The van der Waals surface area contributed by atoms with Crippen molar-refractivity contribution >= 4 is 15.8 Å². The lowest BCUT2D eigenvalue weighted by molar-refractivity contribution is 0.346. The van der Waals surface area contributed by atoms with E-state index in [1.807, 2.05) is 35.9 Å². The number of imidazole rings is 1. The molecule has 31 heavy (non-hydrogen) atoms. The van der Waals surface area contributed by atoms with Gasteiger partial charge in [-0.2, -0.15) is 8.42 Å². The number of halogens is 1. The average Bonchev–Trinajstić information content (AvgIpc) is 3.15. The molecule has 0 fully saturated rings. The molecule has 0 aliphatic carbocycles. The van der Waals surface area contributed by atoms with Crippen LogP contribution in [0.2, 0.25) is 0 Å². The van der Waals surface area contributed by atoms with Gasteiger partial charge in [-0.3, -0.25) is 4.55 Å². The Hall–Kier alpha value is -2.75. The molecule has 0 bridgehead atoms. The van der Waals surface area contributed by atoms with E-state index in [0.29, 0.717) is 17.7 Å². The molecule has 2 heterocycles. The SMILES string of the molecule is CCCCc1cn2cc(OC/C(=C/F)CN)ccc2n1.Cc1ccc(S(=O)(=O)O)cc1. The summed E-state index contributed by atoms with van der Waals surface area (Å²) in [4.78, 5) is 4.47. The van der Waals surface area contributed by atoms with E-state index < -0.39 is 10.1 Å². The Morgan fingerprint density at radius 1 is 1.23 bits per heavy atom. The number of pyridine rings is 1. The van der Waals surface area contributed by atoms with Gasteiger partial charge in [0.25, 0.3) is 10.1 Å². The molecule has 3 aromatic rings. The van der Waals surface area contributed by atoms with Gasteiger partial charge in [0.2, 0.25) is 0 Å². The van der Waals surface area contributed by atoms with Crippen molar-refractivity contribution in [3.05, 3.63) is 72.0 Å². The fourth-order valence-corrected chi connectivity index (χ4v) is 3.09. The van der Waals surface area contributed by atoms with Crippen LogP contribution in [0.1, 0.15) is 31.0 Å². The lowest BCUT2D eigenvalue weighted by Gasteiger charge is -2.07. The van der Waals surface area contributed by atoms with Crippen molar-refractivity contribution < 1.29 is 22.1 Å². The van der Waals surface area contributed by atoms with Crippen LogP contribution in [-0.2, 0) is 16.5 Å². The molecule has 1 aromatic carbocycles. The quantitative estimate of drug-likeness (QED) is 0.501. The fraction of sp³-hybridized carbons (Fsp3) is 0.318. The number of aromatic nitrogens is 2. The van der Waals surface area contributed by atoms with Crippen LogP contribution in [0.4, 0.5) is 4.39 Å². The van der Waals surface area contributed by atoms with Gasteiger partial charge in [-0.05, 0) is 44.0 Å². The molecule has 0 radical (unpaired) electrons. The molecule has 0 aliphatic rings. The average molecular weight is 450 g/mol. The third-order valence-electron chi connectivity index (χ3n) is 4.42. The first kappa shape index (κ1) is 24.5. The van der Waals surface area contributed by atoms with E-state index in [1.54, 1.807) is 12.1 Å². The number of aryl methyl sites for hydroxylation is 2. The van der Waals surface area contributed by atoms with E-state index >= 15 is 0 Å². The van der Waals surface area contributed by atoms with Gasteiger partial charge in [0.15, 0.2) is 0 Å². The lowest BCUT2D eigenvalue weighted by atomic mass is 10.2. The summed E-state index contributed by atoms with van der Waals surface area (Å²) in [6.07, 6.45) is 7.62. The van der Waals surface area contributed by atoms with Gasteiger partial charge in [0, 0.05) is 18.3 Å². The number of fused-ring (bicyclic) bond motifs is 1. The molecule has 0 atom stereocenters. The molecule has 3 rings (SSSR count).